The van der Waals surface area contributed by atoms with Crippen molar-refractivity contribution in [2.24, 2.45) is 0 Å². The fraction of sp³-hybridized carbons (Fsp3) is 0.538. The average Bonchev–Trinajstić information content (AvgIpc) is 2.49. The third-order valence-electron chi connectivity index (χ3n) is 3.29. The molecule has 94 valence electrons. The van der Waals surface area contributed by atoms with Crippen molar-refractivity contribution in [3.63, 3.8) is 0 Å². The van der Waals surface area contributed by atoms with E-state index in [-0.39, 0.29) is 12.0 Å². The van der Waals surface area contributed by atoms with Gasteiger partial charge in [0.2, 0.25) is 0 Å². The summed E-state index contributed by atoms with van der Waals surface area (Å²) in [6.07, 6.45) is 2.23. The molecule has 0 radical (unpaired) electrons. The number of hydrogen-bond donors (Lipinski definition) is 2. The van der Waals surface area contributed by atoms with Gasteiger partial charge >= 0.3 is 0 Å². The van der Waals surface area contributed by atoms with E-state index in [1.165, 1.54) is 6.07 Å². The molecule has 1 fully saturated rings. The smallest absolute Gasteiger partial charge is 0.126 e. The molecule has 2 rings (SSSR count). The number of aliphatic hydroxyl groups is 1. The lowest BCUT2D eigenvalue weighted by Gasteiger charge is -2.26. The summed E-state index contributed by atoms with van der Waals surface area (Å²) in [6.45, 7) is 1.58. The summed E-state index contributed by atoms with van der Waals surface area (Å²) in [5.41, 5.74) is -0.660. The van der Waals surface area contributed by atoms with Crippen molar-refractivity contribution in [2.75, 3.05) is 13.1 Å². The molecule has 0 saturated carbocycles. The van der Waals surface area contributed by atoms with Crippen molar-refractivity contribution in [2.45, 2.75) is 31.3 Å². The molecule has 0 bridgehead atoms. The molecule has 2 nitrogen and oxygen atoms in total. The third kappa shape index (κ3) is 3.23. The molecule has 0 aromatic heterocycles. The quantitative estimate of drug-likeness (QED) is 0.830. The maximum atomic E-state index is 13.5. The Morgan fingerprint density at radius 1 is 1.24 bits per heavy atom. The van der Waals surface area contributed by atoms with Crippen molar-refractivity contribution in [1.82, 2.24) is 5.32 Å². The zero-order chi connectivity index (χ0) is 12.3. The summed E-state index contributed by atoms with van der Waals surface area (Å²) in [7, 11) is 0. The van der Waals surface area contributed by atoms with Gasteiger partial charge < -0.3 is 10.4 Å². The van der Waals surface area contributed by atoms with E-state index in [0.717, 1.165) is 25.1 Å². The summed E-state index contributed by atoms with van der Waals surface area (Å²) < 4.78 is 26.5. The van der Waals surface area contributed by atoms with Crippen molar-refractivity contribution in [3.8, 4) is 0 Å². The van der Waals surface area contributed by atoms with E-state index >= 15 is 0 Å². The molecule has 17 heavy (non-hydrogen) atoms. The fourth-order valence-corrected chi connectivity index (χ4v) is 2.32. The number of nitrogens with one attached hydrogen (secondary N) is 1. The third-order valence-corrected chi connectivity index (χ3v) is 3.29. The van der Waals surface area contributed by atoms with E-state index in [9.17, 15) is 13.9 Å². The molecule has 1 aliphatic rings. The van der Waals surface area contributed by atoms with Gasteiger partial charge in [0.1, 0.15) is 11.6 Å². The molecular formula is C13H17F2NO. The Balaban J connectivity index is 2.15. The SMILES string of the molecule is OC1(Cc2cc(F)ccc2F)CCCNCC1. The Bertz CT molecular complexity index is 387. The topological polar surface area (TPSA) is 32.3 Å². The second-order valence-electron chi connectivity index (χ2n) is 4.74. The van der Waals surface area contributed by atoms with Gasteiger partial charge in [0.05, 0.1) is 5.60 Å². The van der Waals surface area contributed by atoms with Crippen LogP contribution in [0.15, 0.2) is 18.2 Å². The first kappa shape index (κ1) is 12.5. The normalized spacial score (nSPS) is 25.6. The second kappa shape index (κ2) is 5.10. The largest absolute Gasteiger partial charge is 0.389 e. The molecule has 0 aliphatic carbocycles. The van der Waals surface area contributed by atoms with Gasteiger partial charge in [-0.2, -0.15) is 0 Å². The lowest BCUT2D eigenvalue weighted by atomic mass is 9.87. The van der Waals surface area contributed by atoms with Crippen LogP contribution in [-0.2, 0) is 6.42 Å². The molecule has 1 aliphatic heterocycles. The summed E-state index contributed by atoms with van der Waals surface area (Å²) in [4.78, 5) is 0. The van der Waals surface area contributed by atoms with E-state index in [2.05, 4.69) is 5.32 Å². The van der Waals surface area contributed by atoms with Crippen molar-refractivity contribution in [1.29, 1.82) is 0 Å². The molecule has 1 aromatic rings. The van der Waals surface area contributed by atoms with Gasteiger partial charge in [-0.15, -0.1) is 0 Å². The maximum Gasteiger partial charge on any atom is 0.126 e. The minimum absolute atomic E-state index is 0.179. The van der Waals surface area contributed by atoms with Gasteiger partial charge in [-0.1, -0.05) is 0 Å². The highest BCUT2D eigenvalue weighted by molar-refractivity contribution is 5.20. The molecule has 4 heteroatoms. The van der Waals surface area contributed by atoms with E-state index < -0.39 is 17.2 Å². The summed E-state index contributed by atoms with van der Waals surface area (Å²) >= 11 is 0. The zero-order valence-electron chi connectivity index (χ0n) is 9.68. The predicted molar refractivity (Wildman–Crippen MR) is 61.7 cm³/mol. The van der Waals surface area contributed by atoms with Crippen LogP contribution in [0.1, 0.15) is 24.8 Å². The Morgan fingerprint density at radius 2 is 2.06 bits per heavy atom. The van der Waals surface area contributed by atoms with Gasteiger partial charge in [0, 0.05) is 6.42 Å². The molecule has 2 N–H and O–H groups in total. The van der Waals surface area contributed by atoms with E-state index in [1.807, 2.05) is 0 Å². The summed E-state index contributed by atoms with van der Waals surface area (Å²) in [5.74, 6) is -0.909. The van der Waals surface area contributed by atoms with Gasteiger partial charge in [0.15, 0.2) is 0 Å². The first-order valence-electron chi connectivity index (χ1n) is 5.96. The minimum atomic E-state index is -0.919. The summed E-state index contributed by atoms with van der Waals surface area (Å²) in [6, 6.07) is 3.38. The second-order valence-corrected chi connectivity index (χ2v) is 4.74. The first-order valence-corrected chi connectivity index (χ1v) is 5.96. The highest BCUT2D eigenvalue weighted by atomic mass is 19.1. The average molecular weight is 241 g/mol. The van der Waals surface area contributed by atoms with Gasteiger partial charge in [-0.3, -0.25) is 0 Å². The number of rotatable bonds is 2. The van der Waals surface area contributed by atoms with Crippen LogP contribution in [0.3, 0.4) is 0 Å². The van der Waals surface area contributed by atoms with Gasteiger partial charge in [-0.05, 0) is 56.1 Å². The standard InChI is InChI=1S/C13H17F2NO/c14-11-2-3-12(15)10(8-11)9-13(17)4-1-6-16-7-5-13/h2-3,8,16-17H,1,4-7,9H2. The van der Waals surface area contributed by atoms with Gasteiger partial charge in [0.25, 0.3) is 0 Å². The lowest BCUT2D eigenvalue weighted by Crippen LogP contribution is -2.32. The van der Waals surface area contributed by atoms with Crippen LogP contribution in [0.2, 0.25) is 0 Å². The van der Waals surface area contributed by atoms with Crippen LogP contribution in [0.25, 0.3) is 0 Å². The number of benzene rings is 1. The summed E-state index contributed by atoms with van der Waals surface area (Å²) in [5, 5.41) is 13.6. The molecule has 1 atom stereocenters. The molecule has 0 spiro atoms. The fourth-order valence-electron chi connectivity index (χ4n) is 2.32. The van der Waals surface area contributed by atoms with E-state index in [4.69, 9.17) is 0 Å². The molecule has 1 aromatic carbocycles. The highest BCUT2D eigenvalue weighted by Crippen LogP contribution is 2.25. The van der Waals surface area contributed by atoms with Crippen LogP contribution < -0.4 is 5.32 Å². The number of halogens is 2. The Morgan fingerprint density at radius 3 is 2.88 bits per heavy atom. The Kier molecular flexibility index (Phi) is 3.74. The van der Waals surface area contributed by atoms with Crippen LogP contribution in [0, 0.1) is 11.6 Å². The molecular weight excluding hydrogens is 224 g/mol. The number of hydrogen-bond acceptors (Lipinski definition) is 2. The van der Waals surface area contributed by atoms with Crippen LogP contribution in [0.4, 0.5) is 8.78 Å². The highest BCUT2D eigenvalue weighted by Gasteiger charge is 2.29. The van der Waals surface area contributed by atoms with E-state index in [1.54, 1.807) is 0 Å². The molecule has 1 unspecified atom stereocenters. The van der Waals surface area contributed by atoms with Crippen LogP contribution >= 0.6 is 0 Å². The maximum absolute atomic E-state index is 13.5. The van der Waals surface area contributed by atoms with Crippen LogP contribution in [0.5, 0.6) is 0 Å². The monoisotopic (exact) mass is 241 g/mol. The van der Waals surface area contributed by atoms with E-state index in [0.29, 0.717) is 19.4 Å². The Labute approximate surface area is 99.7 Å². The first-order chi connectivity index (χ1) is 8.09. The van der Waals surface area contributed by atoms with Crippen molar-refractivity contribution >= 4 is 0 Å². The Hall–Kier alpha value is -1.00. The van der Waals surface area contributed by atoms with Crippen molar-refractivity contribution in [3.05, 3.63) is 35.4 Å². The van der Waals surface area contributed by atoms with Gasteiger partial charge in [-0.25, -0.2) is 8.78 Å². The zero-order valence-corrected chi connectivity index (χ0v) is 9.68. The predicted octanol–water partition coefficient (Wildman–Crippen LogP) is 2.01. The lowest BCUT2D eigenvalue weighted by molar-refractivity contribution is 0.0276. The van der Waals surface area contributed by atoms with Crippen LogP contribution in [-0.4, -0.2) is 23.8 Å². The molecule has 0 amide bonds. The molecule has 1 saturated heterocycles. The minimum Gasteiger partial charge on any atom is -0.389 e. The molecule has 1 heterocycles. The van der Waals surface area contributed by atoms with Crippen molar-refractivity contribution < 1.29 is 13.9 Å².